The third kappa shape index (κ3) is 5.30. The number of rotatable bonds is 8. The minimum absolute atomic E-state index is 0.236. The van der Waals surface area contributed by atoms with E-state index in [1.54, 1.807) is 0 Å². The molecule has 1 heterocycles. The van der Waals surface area contributed by atoms with Gasteiger partial charge in [0, 0.05) is 19.6 Å². The quantitative estimate of drug-likeness (QED) is 0.793. The topological polar surface area (TPSA) is 53.9 Å². The maximum Gasteiger partial charge on any atom is 0.231 e. The van der Waals surface area contributed by atoms with Crippen LogP contribution in [-0.2, 0) is 0 Å². The Morgan fingerprint density at radius 3 is 2.05 bits per heavy atom. The van der Waals surface area contributed by atoms with Gasteiger partial charge in [0.1, 0.15) is 0 Å². The Kier molecular flexibility index (Phi) is 7.15. The molecule has 0 unspecified atom stereocenters. The fourth-order valence-electron chi connectivity index (χ4n) is 2.52. The van der Waals surface area contributed by atoms with E-state index in [0.29, 0.717) is 29.7 Å². The van der Waals surface area contributed by atoms with E-state index < -0.39 is 0 Å². The van der Waals surface area contributed by atoms with E-state index in [0.717, 1.165) is 19.6 Å². The van der Waals surface area contributed by atoms with Gasteiger partial charge in [-0.1, -0.05) is 27.7 Å². The van der Waals surface area contributed by atoms with Gasteiger partial charge in [-0.2, -0.15) is 15.0 Å². The van der Waals surface area contributed by atoms with Crippen LogP contribution in [0.3, 0.4) is 0 Å². The van der Waals surface area contributed by atoms with E-state index in [9.17, 15) is 0 Å². The van der Waals surface area contributed by atoms with Crippen LogP contribution < -0.4 is 10.2 Å². The van der Waals surface area contributed by atoms with E-state index in [2.05, 4.69) is 66.7 Å². The molecule has 21 heavy (non-hydrogen) atoms. The second kappa shape index (κ2) is 8.37. The normalized spacial score (nSPS) is 11.5. The number of hydrogen-bond acceptors (Lipinski definition) is 5. The molecule has 6 heteroatoms. The highest BCUT2D eigenvalue weighted by Crippen LogP contribution is 2.21. The lowest BCUT2D eigenvalue weighted by molar-refractivity contribution is 0.304. The maximum atomic E-state index is 6.02. The number of nitrogens with zero attached hydrogens (tertiary/aromatic N) is 4. The van der Waals surface area contributed by atoms with Gasteiger partial charge in [0.05, 0.1) is 0 Å². The van der Waals surface area contributed by atoms with Crippen molar-refractivity contribution in [2.45, 2.75) is 41.5 Å². The van der Waals surface area contributed by atoms with Crippen molar-refractivity contribution in [3.05, 3.63) is 5.28 Å². The third-order valence-electron chi connectivity index (χ3n) is 3.85. The van der Waals surface area contributed by atoms with Crippen LogP contribution in [0.1, 0.15) is 41.5 Å². The van der Waals surface area contributed by atoms with E-state index in [1.165, 1.54) is 0 Å². The Morgan fingerprint density at radius 1 is 1.00 bits per heavy atom. The van der Waals surface area contributed by atoms with Crippen LogP contribution in [0.4, 0.5) is 11.9 Å². The smallest absolute Gasteiger partial charge is 0.231 e. The Balaban J connectivity index is 2.84. The first-order chi connectivity index (χ1) is 9.88. The highest BCUT2D eigenvalue weighted by Gasteiger charge is 2.18. The van der Waals surface area contributed by atoms with Crippen molar-refractivity contribution >= 4 is 23.5 Å². The van der Waals surface area contributed by atoms with Crippen molar-refractivity contribution in [3.63, 3.8) is 0 Å². The molecule has 0 bridgehead atoms. The number of aromatic nitrogens is 3. The summed E-state index contributed by atoms with van der Waals surface area (Å²) in [6.45, 7) is 15.6. The molecule has 0 atom stereocenters. The molecule has 1 N–H and O–H groups in total. The first kappa shape index (κ1) is 18.0. The summed E-state index contributed by atoms with van der Waals surface area (Å²) in [5.41, 5.74) is 0. The van der Waals surface area contributed by atoms with Gasteiger partial charge in [-0.3, -0.25) is 0 Å². The van der Waals surface area contributed by atoms with Crippen LogP contribution >= 0.6 is 11.6 Å². The molecule has 0 aliphatic heterocycles. The summed E-state index contributed by atoms with van der Waals surface area (Å²) in [6.07, 6.45) is 0. The first-order valence-corrected chi connectivity index (χ1v) is 8.17. The van der Waals surface area contributed by atoms with Gasteiger partial charge in [0.25, 0.3) is 0 Å². The zero-order valence-electron chi connectivity index (χ0n) is 14.0. The molecule has 0 saturated carbocycles. The fourth-order valence-corrected chi connectivity index (χ4v) is 2.67. The summed E-state index contributed by atoms with van der Waals surface area (Å²) >= 11 is 6.02. The Labute approximate surface area is 133 Å². The highest BCUT2D eigenvalue weighted by atomic mass is 35.5. The Hall–Kier alpha value is -1.10. The van der Waals surface area contributed by atoms with Gasteiger partial charge >= 0.3 is 0 Å². The second-order valence-corrected chi connectivity index (χ2v) is 6.27. The summed E-state index contributed by atoms with van der Waals surface area (Å²) in [5.74, 6) is 2.97. The number of halogens is 1. The molecule has 0 aliphatic carbocycles. The number of anilines is 2. The maximum absolute atomic E-state index is 6.02. The predicted molar refractivity (Wildman–Crippen MR) is 90.1 cm³/mol. The monoisotopic (exact) mass is 313 g/mol. The summed E-state index contributed by atoms with van der Waals surface area (Å²) in [7, 11) is 0. The lowest BCUT2D eigenvalue weighted by Gasteiger charge is -2.25. The molecule has 0 fully saturated rings. The molecule has 120 valence electrons. The van der Waals surface area contributed by atoms with Gasteiger partial charge < -0.3 is 10.2 Å². The van der Waals surface area contributed by atoms with Gasteiger partial charge in [-0.25, -0.2) is 0 Å². The van der Waals surface area contributed by atoms with Gasteiger partial charge in [-0.15, -0.1) is 0 Å². The minimum Gasteiger partial charge on any atom is -0.354 e. The molecule has 0 spiro atoms. The van der Waals surface area contributed by atoms with E-state index >= 15 is 0 Å². The molecule has 0 amide bonds. The molecule has 0 aromatic carbocycles. The lowest BCUT2D eigenvalue weighted by Crippen LogP contribution is -2.27. The van der Waals surface area contributed by atoms with Crippen molar-refractivity contribution in [3.8, 4) is 0 Å². The van der Waals surface area contributed by atoms with Crippen molar-refractivity contribution in [1.82, 2.24) is 15.0 Å². The summed E-state index contributed by atoms with van der Waals surface area (Å²) in [4.78, 5) is 14.9. The van der Waals surface area contributed by atoms with Crippen LogP contribution in [-0.4, -0.2) is 34.6 Å². The second-order valence-electron chi connectivity index (χ2n) is 5.93. The van der Waals surface area contributed by atoms with Gasteiger partial charge in [0.2, 0.25) is 17.2 Å². The minimum atomic E-state index is 0.236. The van der Waals surface area contributed by atoms with Gasteiger partial charge in [0.15, 0.2) is 0 Å². The lowest BCUT2D eigenvalue weighted by atomic mass is 9.85. The molecule has 0 radical (unpaired) electrons. The molecular weight excluding hydrogens is 286 g/mol. The van der Waals surface area contributed by atoms with E-state index in [1.807, 2.05) is 0 Å². The number of nitrogens with one attached hydrogen (secondary N) is 1. The molecule has 5 nitrogen and oxygen atoms in total. The van der Waals surface area contributed by atoms with E-state index in [-0.39, 0.29) is 5.28 Å². The molecule has 1 rings (SSSR count). The summed E-state index contributed by atoms with van der Waals surface area (Å²) in [6, 6.07) is 0. The Morgan fingerprint density at radius 2 is 1.57 bits per heavy atom. The Bertz CT molecular complexity index is 424. The van der Waals surface area contributed by atoms with E-state index in [4.69, 9.17) is 11.6 Å². The average Bonchev–Trinajstić information content (AvgIpc) is 2.39. The van der Waals surface area contributed by atoms with Crippen LogP contribution in [0.2, 0.25) is 5.28 Å². The standard InChI is InChI=1S/C15H28ClN5/c1-7-21(8-2)15-19-13(16)18-14(20-15)17-9-12(10(3)4)11(5)6/h10-12H,7-9H2,1-6H3,(H,17,18,19,20). The summed E-state index contributed by atoms with van der Waals surface area (Å²) in [5, 5.41) is 3.55. The predicted octanol–water partition coefficient (Wildman–Crippen LogP) is 3.71. The third-order valence-corrected chi connectivity index (χ3v) is 4.02. The largest absolute Gasteiger partial charge is 0.354 e. The van der Waals surface area contributed by atoms with Crippen LogP contribution in [0.15, 0.2) is 0 Å². The average molecular weight is 314 g/mol. The van der Waals surface area contributed by atoms with Crippen molar-refractivity contribution in [2.75, 3.05) is 29.9 Å². The first-order valence-electron chi connectivity index (χ1n) is 7.79. The van der Waals surface area contributed by atoms with Gasteiger partial charge in [-0.05, 0) is 43.2 Å². The van der Waals surface area contributed by atoms with Crippen molar-refractivity contribution < 1.29 is 0 Å². The molecular formula is C15H28ClN5. The molecule has 1 aromatic heterocycles. The zero-order valence-corrected chi connectivity index (χ0v) is 14.8. The molecule has 1 aromatic rings. The number of hydrogen-bond donors (Lipinski definition) is 1. The SMILES string of the molecule is CCN(CC)c1nc(Cl)nc(NCC(C(C)C)C(C)C)n1. The zero-order chi connectivity index (χ0) is 16.0. The van der Waals surface area contributed by atoms with Crippen molar-refractivity contribution in [2.24, 2.45) is 17.8 Å². The molecule has 0 aliphatic rings. The highest BCUT2D eigenvalue weighted by molar-refractivity contribution is 6.28. The van der Waals surface area contributed by atoms with Crippen LogP contribution in [0, 0.1) is 17.8 Å². The fraction of sp³-hybridized carbons (Fsp3) is 0.800. The van der Waals surface area contributed by atoms with Crippen molar-refractivity contribution in [1.29, 1.82) is 0 Å². The summed E-state index contributed by atoms with van der Waals surface area (Å²) < 4.78 is 0. The van der Waals surface area contributed by atoms with Crippen LogP contribution in [0.5, 0.6) is 0 Å². The molecule has 0 saturated heterocycles. The van der Waals surface area contributed by atoms with Crippen LogP contribution in [0.25, 0.3) is 0 Å².